The lowest BCUT2D eigenvalue weighted by Crippen LogP contribution is -1.92. The maximum Gasteiger partial charge on any atom is 0.106 e. The molecule has 2 aromatic rings. The molecule has 76 valence electrons. The van der Waals surface area contributed by atoms with Gasteiger partial charge in [-0.2, -0.15) is 0 Å². The van der Waals surface area contributed by atoms with E-state index in [9.17, 15) is 0 Å². The van der Waals surface area contributed by atoms with Crippen LogP contribution in [0.25, 0.3) is 0 Å². The molecular weight excluding hydrogens is 275 g/mol. The molecule has 0 saturated carbocycles. The molecule has 0 aliphatic carbocycles. The SMILES string of the molecule is Clc1ccc(Cc2ccnc(Br)c2)nc1. The minimum absolute atomic E-state index is 0.662. The van der Waals surface area contributed by atoms with Gasteiger partial charge < -0.3 is 0 Å². The summed E-state index contributed by atoms with van der Waals surface area (Å²) in [5.74, 6) is 0. The number of aromatic nitrogens is 2. The van der Waals surface area contributed by atoms with E-state index in [-0.39, 0.29) is 0 Å². The summed E-state index contributed by atoms with van der Waals surface area (Å²) in [6, 6.07) is 7.73. The second kappa shape index (κ2) is 4.73. The molecule has 0 saturated heterocycles. The van der Waals surface area contributed by atoms with E-state index in [1.54, 1.807) is 12.4 Å². The van der Waals surface area contributed by atoms with E-state index in [4.69, 9.17) is 11.6 Å². The predicted octanol–water partition coefficient (Wildman–Crippen LogP) is 3.48. The minimum atomic E-state index is 0.662. The van der Waals surface area contributed by atoms with Crippen LogP contribution in [0.1, 0.15) is 11.3 Å². The first-order valence-electron chi connectivity index (χ1n) is 4.45. The maximum atomic E-state index is 5.76. The lowest BCUT2D eigenvalue weighted by molar-refractivity contribution is 1.06. The van der Waals surface area contributed by atoms with Crippen molar-refractivity contribution >= 4 is 27.5 Å². The molecule has 15 heavy (non-hydrogen) atoms. The molecular formula is C11H8BrClN2. The third-order valence-corrected chi connectivity index (χ3v) is 2.62. The van der Waals surface area contributed by atoms with Crippen LogP contribution in [0.5, 0.6) is 0 Å². The van der Waals surface area contributed by atoms with Crippen LogP contribution in [0, 0.1) is 0 Å². The summed E-state index contributed by atoms with van der Waals surface area (Å²) in [7, 11) is 0. The normalized spacial score (nSPS) is 10.3. The van der Waals surface area contributed by atoms with Gasteiger partial charge in [0, 0.05) is 24.5 Å². The molecule has 0 N–H and O–H groups in total. The van der Waals surface area contributed by atoms with E-state index >= 15 is 0 Å². The third kappa shape index (κ3) is 3.01. The average Bonchev–Trinajstić information content (AvgIpc) is 2.22. The number of hydrogen-bond donors (Lipinski definition) is 0. The molecule has 0 fully saturated rings. The summed E-state index contributed by atoms with van der Waals surface area (Å²) in [5, 5.41) is 0.662. The molecule has 0 bridgehead atoms. The molecule has 0 aliphatic heterocycles. The topological polar surface area (TPSA) is 25.8 Å². The van der Waals surface area contributed by atoms with Crippen LogP contribution < -0.4 is 0 Å². The summed E-state index contributed by atoms with van der Waals surface area (Å²) in [6.45, 7) is 0. The second-order valence-electron chi connectivity index (χ2n) is 3.13. The number of rotatable bonds is 2. The standard InChI is InChI=1S/C11H8BrClN2/c12-11-6-8(3-4-14-11)5-10-2-1-9(13)7-15-10/h1-4,6-7H,5H2. The van der Waals surface area contributed by atoms with Crippen molar-refractivity contribution in [3.63, 3.8) is 0 Å². The van der Waals surface area contributed by atoms with Crippen molar-refractivity contribution in [3.05, 3.63) is 57.5 Å². The maximum absolute atomic E-state index is 5.76. The summed E-state index contributed by atoms with van der Waals surface area (Å²) < 4.78 is 0.842. The molecule has 0 amide bonds. The Morgan fingerprint density at radius 3 is 2.73 bits per heavy atom. The van der Waals surface area contributed by atoms with E-state index in [2.05, 4.69) is 25.9 Å². The van der Waals surface area contributed by atoms with Crippen LogP contribution in [-0.4, -0.2) is 9.97 Å². The van der Waals surface area contributed by atoms with Gasteiger partial charge in [-0.05, 0) is 45.8 Å². The monoisotopic (exact) mass is 282 g/mol. The number of nitrogens with zero attached hydrogens (tertiary/aromatic N) is 2. The predicted molar refractivity (Wildman–Crippen MR) is 64.0 cm³/mol. The van der Waals surface area contributed by atoms with Gasteiger partial charge >= 0.3 is 0 Å². The van der Waals surface area contributed by atoms with Crippen molar-refractivity contribution in [1.29, 1.82) is 0 Å². The Hall–Kier alpha value is -0.930. The summed E-state index contributed by atoms with van der Waals surface area (Å²) >= 11 is 9.09. The van der Waals surface area contributed by atoms with Crippen LogP contribution in [0.15, 0.2) is 41.3 Å². The number of pyridine rings is 2. The van der Waals surface area contributed by atoms with Crippen LogP contribution in [0.2, 0.25) is 5.02 Å². The Balaban J connectivity index is 2.18. The highest BCUT2D eigenvalue weighted by Crippen LogP contribution is 2.13. The van der Waals surface area contributed by atoms with Gasteiger partial charge in [-0.3, -0.25) is 4.98 Å². The largest absolute Gasteiger partial charge is 0.259 e. The van der Waals surface area contributed by atoms with Crippen LogP contribution >= 0.6 is 27.5 Å². The van der Waals surface area contributed by atoms with Crippen molar-refractivity contribution in [2.75, 3.05) is 0 Å². The molecule has 0 spiro atoms. The van der Waals surface area contributed by atoms with E-state index in [0.29, 0.717) is 5.02 Å². The minimum Gasteiger partial charge on any atom is -0.259 e. The lowest BCUT2D eigenvalue weighted by Gasteiger charge is -2.01. The molecule has 2 aromatic heterocycles. The van der Waals surface area contributed by atoms with Crippen LogP contribution in [-0.2, 0) is 6.42 Å². The zero-order chi connectivity index (χ0) is 10.7. The van der Waals surface area contributed by atoms with E-state index in [0.717, 1.165) is 16.7 Å². The number of halogens is 2. The van der Waals surface area contributed by atoms with Crippen molar-refractivity contribution in [1.82, 2.24) is 9.97 Å². The van der Waals surface area contributed by atoms with Crippen LogP contribution in [0.4, 0.5) is 0 Å². The Morgan fingerprint density at radius 2 is 2.07 bits per heavy atom. The Labute approximate surface area is 101 Å². The van der Waals surface area contributed by atoms with Crippen molar-refractivity contribution < 1.29 is 0 Å². The second-order valence-corrected chi connectivity index (χ2v) is 4.38. The average molecular weight is 284 g/mol. The highest BCUT2D eigenvalue weighted by atomic mass is 79.9. The van der Waals surface area contributed by atoms with Crippen molar-refractivity contribution in [3.8, 4) is 0 Å². The van der Waals surface area contributed by atoms with Gasteiger partial charge in [0.2, 0.25) is 0 Å². The Bertz CT molecular complexity index is 456. The van der Waals surface area contributed by atoms with Gasteiger partial charge in [0.1, 0.15) is 4.60 Å². The zero-order valence-electron chi connectivity index (χ0n) is 7.82. The van der Waals surface area contributed by atoms with Gasteiger partial charge in [0.15, 0.2) is 0 Å². The van der Waals surface area contributed by atoms with Gasteiger partial charge in [0.05, 0.1) is 5.02 Å². The summed E-state index contributed by atoms with van der Waals surface area (Å²) in [5.41, 5.74) is 2.17. The van der Waals surface area contributed by atoms with E-state index in [1.807, 2.05) is 24.3 Å². The van der Waals surface area contributed by atoms with E-state index < -0.39 is 0 Å². The lowest BCUT2D eigenvalue weighted by atomic mass is 10.1. The Kier molecular flexibility index (Phi) is 3.34. The first-order valence-corrected chi connectivity index (χ1v) is 5.62. The first kappa shape index (κ1) is 10.6. The van der Waals surface area contributed by atoms with Gasteiger partial charge in [-0.1, -0.05) is 11.6 Å². The van der Waals surface area contributed by atoms with Gasteiger partial charge in [0.25, 0.3) is 0 Å². The third-order valence-electron chi connectivity index (χ3n) is 1.96. The molecule has 0 unspecified atom stereocenters. The molecule has 2 nitrogen and oxygen atoms in total. The van der Waals surface area contributed by atoms with Crippen LogP contribution in [0.3, 0.4) is 0 Å². The smallest absolute Gasteiger partial charge is 0.106 e. The molecule has 4 heteroatoms. The summed E-state index contributed by atoms with van der Waals surface area (Å²) in [4.78, 5) is 8.31. The van der Waals surface area contributed by atoms with Crippen molar-refractivity contribution in [2.24, 2.45) is 0 Å². The van der Waals surface area contributed by atoms with E-state index in [1.165, 1.54) is 5.56 Å². The van der Waals surface area contributed by atoms with Gasteiger partial charge in [-0.25, -0.2) is 4.98 Å². The fourth-order valence-corrected chi connectivity index (χ4v) is 1.80. The molecule has 0 radical (unpaired) electrons. The molecule has 0 aliphatic rings. The quantitative estimate of drug-likeness (QED) is 0.789. The first-order chi connectivity index (χ1) is 7.24. The van der Waals surface area contributed by atoms with Crippen molar-refractivity contribution in [2.45, 2.75) is 6.42 Å². The highest BCUT2D eigenvalue weighted by Gasteiger charge is 1.98. The highest BCUT2D eigenvalue weighted by molar-refractivity contribution is 9.10. The zero-order valence-corrected chi connectivity index (χ0v) is 10.2. The van der Waals surface area contributed by atoms with Gasteiger partial charge in [-0.15, -0.1) is 0 Å². The molecule has 2 heterocycles. The molecule has 0 aromatic carbocycles. The number of hydrogen-bond acceptors (Lipinski definition) is 2. The summed E-state index contributed by atoms with van der Waals surface area (Å²) in [6.07, 6.45) is 4.22. The molecule has 2 rings (SSSR count). The fraction of sp³-hybridized carbons (Fsp3) is 0.0909. The molecule has 0 atom stereocenters. The Morgan fingerprint density at radius 1 is 1.20 bits per heavy atom. The fourth-order valence-electron chi connectivity index (χ4n) is 1.27.